The third-order valence-corrected chi connectivity index (χ3v) is 7.26. The summed E-state index contributed by atoms with van der Waals surface area (Å²) < 4.78 is 69.1. The number of rotatable bonds is 6. The van der Waals surface area contributed by atoms with Crippen LogP contribution in [0.2, 0.25) is 10.0 Å². The van der Waals surface area contributed by atoms with Gasteiger partial charge in [0.15, 0.2) is 0 Å². The van der Waals surface area contributed by atoms with Crippen LogP contribution in [0.4, 0.5) is 18.9 Å². The molecule has 3 aromatic rings. The van der Waals surface area contributed by atoms with Gasteiger partial charge in [0, 0.05) is 16.1 Å². The highest BCUT2D eigenvalue weighted by molar-refractivity contribution is 7.90. The van der Waals surface area contributed by atoms with E-state index in [2.05, 4.69) is 0 Å². The number of alkyl halides is 2. The SMILES string of the molecule is O=C(/C=C/c1cccc2c1N(Cc1ccc(Cl)cc1Cl)C(=O)C2(F)F)NS(=O)(=O)c1ccc(F)cc1. The summed E-state index contributed by atoms with van der Waals surface area (Å²) in [4.78, 5) is 25.4. The van der Waals surface area contributed by atoms with Crippen molar-refractivity contribution in [2.45, 2.75) is 17.4 Å². The Labute approximate surface area is 214 Å². The number of nitrogens with one attached hydrogen (secondary N) is 1. The minimum absolute atomic E-state index is 0.0671. The van der Waals surface area contributed by atoms with E-state index in [4.69, 9.17) is 23.2 Å². The summed E-state index contributed by atoms with van der Waals surface area (Å²) in [6.07, 6.45) is 1.94. The normalized spacial score (nSPS) is 14.8. The number of halogens is 5. The van der Waals surface area contributed by atoms with Crippen LogP contribution in [0.3, 0.4) is 0 Å². The van der Waals surface area contributed by atoms with Crippen LogP contribution >= 0.6 is 23.2 Å². The predicted octanol–water partition coefficient (Wildman–Crippen LogP) is 5.29. The van der Waals surface area contributed by atoms with E-state index in [-0.39, 0.29) is 27.7 Å². The lowest BCUT2D eigenvalue weighted by Gasteiger charge is -2.20. The van der Waals surface area contributed by atoms with Gasteiger partial charge in [0.25, 0.3) is 15.9 Å². The van der Waals surface area contributed by atoms with Crippen molar-refractivity contribution in [3.63, 3.8) is 0 Å². The minimum Gasteiger partial charge on any atom is -0.301 e. The molecule has 186 valence electrons. The zero-order valence-electron chi connectivity index (χ0n) is 18.0. The molecule has 0 aromatic heterocycles. The van der Waals surface area contributed by atoms with Crippen LogP contribution in [0.25, 0.3) is 6.08 Å². The van der Waals surface area contributed by atoms with Gasteiger partial charge in [-0.15, -0.1) is 0 Å². The van der Waals surface area contributed by atoms with Gasteiger partial charge in [0.05, 0.1) is 22.7 Å². The molecule has 4 rings (SSSR count). The first-order valence-corrected chi connectivity index (χ1v) is 12.4. The van der Waals surface area contributed by atoms with Gasteiger partial charge >= 0.3 is 11.8 Å². The number of fused-ring (bicyclic) bond motifs is 1. The summed E-state index contributed by atoms with van der Waals surface area (Å²) in [5.41, 5.74) is -0.291. The van der Waals surface area contributed by atoms with Gasteiger partial charge in [-0.25, -0.2) is 17.5 Å². The molecule has 6 nitrogen and oxygen atoms in total. The molecule has 0 aliphatic carbocycles. The molecule has 0 unspecified atom stereocenters. The number of nitrogens with zero attached hydrogens (tertiary/aromatic N) is 1. The van der Waals surface area contributed by atoms with Gasteiger partial charge in [-0.2, -0.15) is 8.78 Å². The monoisotopic (exact) mass is 554 g/mol. The predicted molar refractivity (Wildman–Crippen MR) is 129 cm³/mol. The van der Waals surface area contributed by atoms with E-state index in [9.17, 15) is 31.2 Å². The fourth-order valence-corrected chi connectivity index (χ4v) is 5.03. The van der Waals surface area contributed by atoms with Crippen LogP contribution in [0, 0.1) is 5.82 Å². The molecule has 0 atom stereocenters. The van der Waals surface area contributed by atoms with Crippen molar-refractivity contribution >= 4 is 56.8 Å². The van der Waals surface area contributed by atoms with Gasteiger partial charge < -0.3 is 4.90 Å². The van der Waals surface area contributed by atoms with Crippen molar-refractivity contribution in [1.82, 2.24) is 4.72 Å². The van der Waals surface area contributed by atoms with Crippen molar-refractivity contribution < 1.29 is 31.2 Å². The lowest BCUT2D eigenvalue weighted by atomic mass is 10.0. The number of para-hydroxylation sites is 1. The maximum atomic E-state index is 14.8. The van der Waals surface area contributed by atoms with Crippen LogP contribution < -0.4 is 9.62 Å². The average Bonchev–Trinajstić information content (AvgIpc) is 3.00. The zero-order chi connectivity index (χ0) is 26.3. The molecule has 36 heavy (non-hydrogen) atoms. The fourth-order valence-electron chi connectivity index (χ4n) is 3.61. The highest BCUT2D eigenvalue weighted by atomic mass is 35.5. The van der Waals surface area contributed by atoms with E-state index in [1.807, 2.05) is 0 Å². The van der Waals surface area contributed by atoms with E-state index >= 15 is 0 Å². The van der Waals surface area contributed by atoms with E-state index in [0.29, 0.717) is 10.6 Å². The van der Waals surface area contributed by atoms with Crippen molar-refractivity contribution in [2.24, 2.45) is 0 Å². The Bertz CT molecular complexity index is 1510. The van der Waals surface area contributed by atoms with Crippen LogP contribution in [-0.2, 0) is 32.1 Å². The summed E-state index contributed by atoms with van der Waals surface area (Å²) in [6.45, 7) is -0.298. The van der Waals surface area contributed by atoms with E-state index in [1.54, 1.807) is 4.72 Å². The molecular formula is C24H15Cl2F3N2O4S. The molecule has 0 fully saturated rings. The number of anilines is 1. The fraction of sp³-hybridized carbons (Fsp3) is 0.0833. The first-order chi connectivity index (χ1) is 16.9. The average molecular weight is 555 g/mol. The molecule has 0 spiro atoms. The van der Waals surface area contributed by atoms with Crippen LogP contribution in [0.1, 0.15) is 16.7 Å². The van der Waals surface area contributed by atoms with Gasteiger partial charge in [-0.1, -0.05) is 47.5 Å². The van der Waals surface area contributed by atoms with Crippen molar-refractivity contribution in [3.05, 3.63) is 99.3 Å². The van der Waals surface area contributed by atoms with Crippen molar-refractivity contribution in [2.75, 3.05) is 4.90 Å². The first kappa shape index (κ1) is 25.7. The lowest BCUT2D eigenvalue weighted by molar-refractivity contribution is -0.141. The molecule has 0 bridgehead atoms. The number of amides is 2. The molecule has 12 heteroatoms. The van der Waals surface area contributed by atoms with Crippen molar-refractivity contribution in [1.29, 1.82) is 0 Å². The highest BCUT2D eigenvalue weighted by Crippen LogP contribution is 2.47. The highest BCUT2D eigenvalue weighted by Gasteiger charge is 2.53. The quantitative estimate of drug-likeness (QED) is 0.419. The Morgan fingerprint density at radius 2 is 1.75 bits per heavy atom. The molecule has 3 aromatic carbocycles. The molecule has 1 aliphatic rings. The second kappa shape index (κ2) is 9.61. The number of hydrogen-bond donors (Lipinski definition) is 1. The van der Waals surface area contributed by atoms with Crippen LogP contribution in [0.15, 0.2) is 71.6 Å². The Morgan fingerprint density at radius 3 is 2.42 bits per heavy atom. The molecule has 1 aliphatic heterocycles. The largest absolute Gasteiger partial charge is 0.352 e. The standard InChI is InChI=1S/C24H15Cl2F3N2O4S/c25-16-6-4-15(20(26)12-16)13-31-22-14(2-1-3-19(22)24(28,29)23(31)33)5-11-21(32)30-36(34,35)18-9-7-17(27)8-10-18/h1-12H,13H2,(H,30,32)/b11-5+. The summed E-state index contributed by atoms with van der Waals surface area (Å²) in [6, 6.07) is 12.0. The second-order valence-corrected chi connectivity index (χ2v) is 10.2. The molecule has 2 amide bonds. The Balaban J connectivity index is 1.64. The minimum atomic E-state index is -4.31. The number of hydrogen-bond acceptors (Lipinski definition) is 4. The Morgan fingerprint density at radius 1 is 1.06 bits per heavy atom. The van der Waals surface area contributed by atoms with Gasteiger partial charge in [-0.05, 0) is 53.6 Å². The molecule has 1 heterocycles. The summed E-state index contributed by atoms with van der Waals surface area (Å²) in [5, 5.41) is 0.498. The van der Waals surface area contributed by atoms with E-state index in [1.165, 1.54) is 30.3 Å². The van der Waals surface area contributed by atoms with Crippen LogP contribution in [0.5, 0.6) is 0 Å². The second-order valence-electron chi connectivity index (χ2n) is 7.70. The number of sulfonamides is 1. The maximum Gasteiger partial charge on any atom is 0.352 e. The first-order valence-electron chi connectivity index (χ1n) is 10.2. The smallest absolute Gasteiger partial charge is 0.301 e. The summed E-state index contributed by atoms with van der Waals surface area (Å²) in [5.74, 6) is -7.05. The van der Waals surface area contributed by atoms with Gasteiger partial charge in [-0.3, -0.25) is 9.59 Å². The molecule has 0 saturated carbocycles. The van der Waals surface area contributed by atoms with Crippen molar-refractivity contribution in [3.8, 4) is 0 Å². The zero-order valence-corrected chi connectivity index (χ0v) is 20.3. The summed E-state index contributed by atoms with van der Waals surface area (Å²) in [7, 11) is -4.31. The maximum absolute atomic E-state index is 14.8. The number of benzene rings is 3. The van der Waals surface area contributed by atoms with Gasteiger partial charge in [0.2, 0.25) is 0 Å². The topological polar surface area (TPSA) is 83.6 Å². The summed E-state index contributed by atoms with van der Waals surface area (Å²) >= 11 is 12.0. The molecular weight excluding hydrogens is 540 g/mol. The van der Waals surface area contributed by atoms with Gasteiger partial charge in [0.1, 0.15) is 5.82 Å². The third-order valence-electron chi connectivity index (χ3n) is 5.31. The Hall–Kier alpha value is -3.34. The third kappa shape index (κ3) is 4.97. The Kier molecular flexibility index (Phi) is 6.87. The number of carbonyl (C=O) groups is 2. The van der Waals surface area contributed by atoms with E-state index < -0.39 is 39.1 Å². The van der Waals surface area contributed by atoms with Crippen LogP contribution in [-0.4, -0.2) is 20.2 Å². The lowest BCUT2D eigenvalue weighted by Crippen LogP contribution is -2.34. The molecule has 0 saturated heterocycles. The molecule has 0 radical (unpaired) electrons. The number of carbonyl (C=O) groups excluding carboxylic acids is 2. The molecule has 1 N–H and O–H groups in total. The van der Waals surface area contributed by atoms with E-state index in [0.717, 1.165) is 47.4 Å².